The fourth-order valence-electron chi connectivity index (χ4n) is 1.26. The van der Waals surface area contributed by atoms with Gasteiger partial charge in [-0.2, -0.15) is 0 Å². The van der Waals surface area contributed by atoms with Gasteiger partial charge in [-0.05, 0) is 5.56 Å². The molecule has 1 aromatic heterocycles. The second kappa shape index (κ2) is 3.84. The molecule has 0 bridgehead atoms. The Kier molecular flexibility index (Phi) is 2.55. The third kappa shape index (κ3) is 1.80. The van der Waals surface area contributed by atoms with Crippen LogP contribution >= 0.6 is 11.6 Å². The monoisotopic (exact) mass is 207 g/mol. The van der Waals surface area contributed by atoms with E-state index in [0.29, 0.717) is 11.8 Å². The molecule has 14 heavy (non-hydrogen) atoms. The molecular formula is C11H10ClNO. The van der Waals surface area contributed by atoms with Gasteiger partial charge in [-0.15, -0.1) is 11.6 Å². The van der Waals surface area contributed by atoms with E-state index in [1.807, 2.05) is 31.2 Å². The van der Waals surface area contributed by atoms with E-state index < -0.39 is 0 Å². The number of hydrogen-bond acceptors (Lipinski definition) is 2. The summed E-state index contributed by atoms with van der Waals surface area (Å²) in [4.78, 5) is 4.24. The summed E-state index contributed by atoms with van der Waals surface area (Å²) in [6, 6.07) is 7.97. The highest BCUT2D eigenvalue weighted by atomic mass is 35.5. The summed E-state index contributed by atoms with van der Waals surface area (Å²) >= 11 is 5.70. The van der Waals surface area contributed by atoms with Gasteiger partial charge < -0.3 is 4.42 Å². The van der Waals surface area contributed by atoms with Crippen LogP contribution in [-0.4, -0.2) is 4.98 Å². The summed E-state index contributed by atoms with van der Waals surface area (Å²) in [5.74, 6) is 1.22. The Morgan fingerprint density at radius 1 is 1.29 bits per heavy atom. The molecule has 0 aliphatic carbocycles. The summed E-state index contributed by atoms with van der Waals surface area (Å²) in [5.41, 5.74) is 3.02. The summed E-state index contributed by atoms with van der Waals surface area (Å²) in [6.07, 6.45) is 1.66. The lowest BCUT2D eigenvalue weighted by molar-refractivity contribution is 0.521. The quantitative estimate of drug-likeness (QED) is 0.706. The Hall–Kier alpha value is -1.28. The first-order chi connectivity index (χ1) is 6.79. The second-order valence-corrected chi connectivity index (χ2v) is 3.35. The van der Waals surface area contributed by atoms with Crippen molar-refractivity contribution < 1.29 is 4.42 Å². The minimum atomic E-state index is 0.540. The van der Waals surface area contributed by atoms with E-state index >= 15 is 0 Å². The molecular weight excluding hydrogens is 198 g/mol. The van der Waals surface area contributed by atoms with Gasteiger partial charge in [0.1, 0.15) is 12.0 Å². The van der Waals surface area contributed by atoms with Crippen molar-refractivity contribution in [2.24, 2.45) is 0 Å². The maximum atomic E-state index is 5.70. The molecule has 0 amide bonds. The minimum Gasteiger partial charge on any atom is -0.449 e. The summed E-state index contributed by atoms with van der Waals surface area (Å²) in [7, 11) is 0. The van der Waals surface area contributed by atoms with Crippen LogP contribution in [0.15, 0.2) is 34.9 Å². The fraction of sp³-hybridized carbons (Fsp3) is 0.182. The van der Waals surface area contributed by atoms with Crippen molar-refractivity contribution in [1.82, 2.24) is 4.98 Å². The molecule has 0 unspecified atom stereocenters. The molecule has 2 aromatic rings. The van der Waals surface area contributed by atoms with Crippen LogP contribution < -0.4 is 0 Å². The normalized spacial score (nSPS) is 10.4. The molecule has 0 aliphatic heterocycles. The molecule has 0 radical (unpaired) electrons. The van der Waals surface area contributed by atoms with Gasteiger partial charge in [0.15, 0.2) is 5.89 Å². The predicted octanol–water partition coefficient (Wildman–Crippen LogP) is 3.39. The molecule has 0 fully saturated rings. The van der Waals surface area contributed by atoms with Crippen molar-refractivity contribution >= 4 is 11.6 Å². The smallest absolute Gasteiger partial charge is 0.191 e. The summed E-state index contributed by atoms with van der Waals surface area (Å²) < 4.78 is 5.14. The number of hydrogen-bond donors (Lipinski definition) is 0. The second-order valence-electron chi connectivity index (χ2n) is 3.08. The Labute approximate surface area is 87.5 Å². The molecule has 0 aliphatic rings. The number of nitrogens with zero attached hydrogens (tertiary/aromatic N) is 1. The van der Waals surface area contributed by atoms with E-state index in [2.05, 4.69) is 4.98 Å². The predicted molar refractivity (Wildman–Crippen MR) is 56.2 cm³/mol. The summed E-state index contributed by atoms with van der Waals surface area (Å²) in [6.45, 7) is 1.83. The van der Waals surface area contributed by atoms with Crippen molar-refractivity contribution in [3.8, 4) is 11.3 Å². The van der Waals surface area contributed by atoms with Crippen LogP contribution in [0, 0.1) is 6.92 Å². The lowest BCUT2D eigenvalue weighted by Crippen LogP contribution is -1.80. The number of halogens is 1. The summed E-state index contributed by atoms with van der Waals surface area (Å²) in [5, 5.41) is 0. The highest BCUT2D eigenvalue weighted by Crippen LogP contribution is 2.19. The molecule has 0 atom stereocenters. The van der Waals surface area contributed by atoms with Crippen molar-refractivity contribution in [3.05, 3.63) is 42.0 Å². The largest absolute Gasteiger partial charge is 0.449 e. The maximum Gasteiger partial charge on any atom is 0.191 e. The number of oxazole rings is 1. The van der Waals surface area contributed by atoms with Crippen LogP contribution in [0.2, 0.25) is 0 Å². The van der Waals surface area contributed by atoms with Crippen LogP contribution in [-0.2, 0) is 5.88 Å². The zero-order chi connectivity index (χ0) is 9.97. The Balaban J connectivity index is 2.33. The lowest BCUT2D eigenvalue weighted by Gasteiger charge is -1.97. The third-order valence-corrected chi connectivity index (χ3v) is 2.33. The van der Waals surface area contributed by atoms with E-state index in [0.717, 1.165) is 16.8 Å². The minimum absolute atomic E-state index is 0.540. The molecule has 1 aromatic carbocycles. The molecule has 0 N–H and O–H groups in total. The van der Waals surface area contributed by atoms with Crippen molar-refractivity contribution in [2.45, 2.75) is 12.8 Å². The first kappa shape index (κ1) is 9.28. The van der Waals surface area contributed by atoms with E-state index in [9.17, 15) is 0 Å². The molecule has 1 heterocycles. The molecule has 3 heteroatoms. The van der Waals surface area contributed by atoms with Crippen LogP contribution in [0.1, 0.15) is 11.5 Å². The Bertz CT molecular complexity index is 419. The average molecular weight is 208 g/mol. The Morgan fingerprint density at radius 2 is 2.00 bits per heavy atom. The number of aryl methyl sites for hydroxylation is 1. The molecule has 0 saturated heterocycles. The van der Waals surface area contributed by atoms with Crippen LogP contribution in [0.5, 0.6) is 0 Å². The highest BCUT2D eigenvalue weighted by molar-refractivity contribution is 6.17. The zero-order valence-electron chi connectivity index (χ0n) is 7.83. The first-order valence-corrected chi connectivity index (χ1v) is 4.90. The fourth-order valence-corrected chi connectivity index (χ4v) is 1.44. The van der Waals surface area contributed by atoms with Gasteiger partial charge in [-0.3, -0.25) is 0 Å². The average Bonchev–Trinajstić information content (AvgIpc) is 2.65. The maximum absolute atomic E-state index is 5.70. The molecule has 0 spiro atoms. The van der Waals surface area contributed by atoms with E-state index in [1.165, 1.54) is 0 Å². The standard InChI is InChI=1S/C11H10ClNO/c1-8-13-11(7-14-8)10-4-2-9(6-12)3-5-10/h2-5,7H,6H2,1H3. The van der Waals surface area contributed by atoms with Crippen molar-refractivity contribution in [1.29, 1.82) is 0 Å². The number of benzene rings is 1. The SMILES string of the molecule is Cc1nc(-c2ccc(CCl)cc2)co1. The van der Waals surface area contributed by atoms with Gasteiger partial charge in [0.05, 0.1) is 0 Å². The van der Waals surface area contributed by atoms with Crippen molar-refractivity contribution in [3.63, 3.8) is 0 Å². The van der Waals surface area contributed by atoms with Crippen LogP contribution in [0.25, 0.3) is 11.3 Å². The van der Waals surface area contributed by atoms with Gasteiger partial charge in [0.2, 0.25) is 0 Å². The van der Waals surface area contributed by atoms with Crippen LogP contribution in [0.4, 0.5) is 0 Å². The molecule has 2 rings (SSSR count). The topological polar surface area (TPSA) is 26.0 Å². The van der Waals surface area contributed by atoms with E-state index in [4.69, 9.17) is 16.0 Å². The number of alkyl halides is 1. The number of aromatic nitrogens is 1. The third-order valence-electron chi connectivity index (χ3n) is 2.02. The van der Waals surface area contributed by atoms with Crippen LogP contribution in [0.3, 0.4) is 0 Å². The highest BCUT2D eigenvalue weighted by Gasteiger charge is 2.02. The van der Waals surface area contributed by atoms with Gasteiger partial charge in [-0.25, -0.2) is 4.98 Å². The van der Waals surface area contributed by atoms with Gasteiger partial charge >= 0.3 is 0 Å². The molecule has 2 nitrogen and oxygen atoms in total. The van der Waals surface area contributed by atoms with E-state index in [1.54, 1.807) is 6.26 Å². The van der Waals surface area contributed by atoms with Gasteiger partial charge in [0.25, 0.3) is 0 Å². The molecule has 0 saturated carbocycles. The Morgan fingerprint density at radius 3 is 2.50 bits per heavy atom. The number of rotatable bonds is 2. The van der Waals surface area contributed by atoms with Gasteiger partial charge in [0, 0.05) is 18.4 Å². The van der Waals surface area contributed by atoms with E-state index in [-0.39, 0.29) is 0 Å². The molecule has 72 valence electrons. The van der Waals surface area contributed by atoms with Gasteiger partial charge in [-0.1, -0.05) is 24.3 Å². The van der Waals surface area contributed by atoms with Crippen molar-refractivity contribution in [2.75, 3.05) is 0 Å². The zero-order valence-corrected chi connectivity index (χ0v) is 8.58. The first-order valence-electron chi connectivity index (χ1n) is 4.37. The lowest BCUT2D eigenvalue weighted by atomic mass is 10.1.